The van der Waals surface area contributed by atoms with Gasteiger partial charge in [-0.2, -0.15) is 0 Å². The van der Waals surface area contributed by atoms with Gasteiger partial charge in [0.25, 0.3) is 0 Å². The molecule has 0 heterocycles. The molecule has 86 valence electrons. The minimum atomic E-state index is 0.483. The summed E-state index contributed by atoms with van der Waals surface area (Å²) in [5.74, 6) is 0. The van der Waals surface area contributed by atoms with Crippen LogP contribution in [-0.4, -0.2) is 6.29 Å². The molecule has 0 saturated heterocycles. The molecule has 0 saturated carbocycles. The van der Waals surface area contributed by atoms with Crippen molar-refractivity contribution in [2.75, 3.05) is 0 Å². The zero-order chi connectivity index (χ0) is 12.3. The zero-order valence-electron chi connectivity index (χ0n) is 8.69. The van der Waals surface area contributed by atoms with Crippen molar-refractivity contribution in [1.29, 1.82) is 0 Å². The van der Waals surface area contributed by atoms with Crippen molar-refractivity contribution < 1.29 is 4.79 Å². The second-order valence-electron chi connectivity index (χ2n) is 3.33. The van der Waals surface area contributed by atoms with E-state index < -0.39 is 0 Å². The average molecular weight is 328 g/mol. The lowest BCUT2D eigenvalue weighted by Gasteiger charge is -2.05. The summed E-state index contributed by atoms with van der Waals surface area (Å²) < 4.78 is 1.04. The van der Waals surface area contributed by atoms with Crippen LogP contribution in [0.2, 0.25) is 5.02 Å². The van der Waals surface area contributed by atoms with Crippen molar-refractivity contribution in [3.63, 3.8) is 0 Å². The molecular weight excluding hydrogens is 320 g/mol. The van der Waals surface area contributed by atoms with E-state index in [4.69, 9.17) is 11.6 Å². The van der Waals surface area contributed by atoms with Gasteiger partial charge in [0.15, 0.2) is 6.29 Å². The van der Waals surface area contributed by atoms with E-state index >= 15 is 0 Å². The van der Waals surface area contributed by atoms with Crippen LogP contribution in [0, 0.1) is 0 Å². The maximum Gasteiger partial charge on any atom is 0.151 e. The monoisotopic (exact) mass is 326 g/mol. The Bertz CT molecular complexity index is 557. The molecule has 17 heavy (non-hydrogen) atoms. The molecule has 0 aliphatic rings. The topological polar surface area (TPSA) is 17.1 Å². The van der Waals surface area contributed by atoms with Crippen LogP contribution >= 0.6 is 39.3 Å². The molecule has 0 radical (unpaired) electrons. The van der Waals surface area contributed by atoms with Gasteiger partial charge in [0.05, 0.1) is 5.02 Å². The molecular formula is C13H8BrClOS. The summed E-state index contributed by atoms with van der Waals surface area (Å²) in [6.07, 6.45) is 0.759. The Labute approximate surface area is 117 Å². The van der Waals surface area contributed by atoms with Gasteiger partial charge in [0.1, 0.15) is 0 Å². The Hall–Kier alpha value is -0.770. The van der Waals surface area contributed by atoms with Gasteiger partial charge in [-0.3, -0.25) is 4.79 Å². The molecule has 0 aliphatic carbocycles. The van der Waals surface area contributed by atoms with Crippen molar-refractivity contribution >= 4 is 45.6 Å². The van der Waals surface area contributed by atoms with Crippen LogP contribution < -0.4 is 0 Å². The van der Waals surface area contributed by atoms with Gasteiger partial charge in [-0.05, 0) is 46.3 Å². The number of hydrogen-bond donors (Lipinski definition) is 0. The number of hydrogen-bond acceptors (Lipinski definition) is 2. The summed E-state index contributed by atoms with van der Waals surface area (Å²) in [6, 6.07) is 13.4. The lowest BCUT2D eigenvalue weighted by Crippen LogP contribution is -1.82. The normalized spacial score (nSPS) is 10.2. The summed E-state index contributed by atoms with van der Waals surface area (Å²) >= 11 is 11.1. The van der Waals surface area contributed by atoms with E-state index in [-0.39, 0.29) is 0 Å². The van der Waals surface area contributed by atoms with Gasteiger partial charge in [-0.15, -0.1) is 0 Å². The third-order valence-electron chi connectivity index (χ3n) is 2.16. The molecule has 0 aliphatic heterocycles. The predicted octanol–water partition coefficient (Wildman–Crippen LogP) is 5.07. The lowest BCUT2D eigenvalue weighted by atomic mass is 10.2. The fraction of sp³-hybridized carbons (Fsp3) is 0. The number of benzene rings is 2. The summed E-state index contributed by atoms with van der Waals surface area (Å²) in [4.78, 5) is 12.8. The molecule has 1 nitrogen and oxygen atoms in total. The second-order valence-corrected chi connectivity index (χ2v) is 5.71. The van der Waals surface area contributed by atoms with Crippen molar-refractivity contribution in [2.45, 2.75) is 9.79 Å². The number of carbonyl (C=O) groups is 1. The molecule has 2 rings (SSSR count). The van der Waals surface area contributed by atoms with Gasteiger partial charge < -0.3 is 0 Å². The summed E-state index contributed by atoms with van der Waals surface area (Å²) in [5, 5.41) is 0.483. The maximum atomic E-state index is 10.7. The van der Waals surface area contributed by atoms with Crippen LogP contribution in [0.4, 0.5) is 0 Å². The van der Waals surface area contributed by atoms with E-state index in [1.54, 1.807) is 23.9 Å². The standard InChI is InChI=1S/C13H8BrClOS/c14-11-3-1-2-4-13(11)17-10-6-5-9(8-16)12(15)7-10/h1-8H. The number of aldehydes is 1. The molecule has 4 heteroatoms. The van der Waals surface area contributed by atoms with E-state index in [1.807, 2.05) is 30.3 Å². The van der Waals surface area contributed by atoms with Crippen LogP contribution in [0.5, 0.6) is 0 Å². The van der Waals surface area contributed by atoms with E-state index in [1.165, 1.54) is 0 Å². The Kier molecular flexibility index (Phi) is 4.26. The molecule has 0 unspecified atom stereocenters. The first-order chi connectivity index (χ1) is 8.20. The third kappa shape index (κ3) is 3.12. The summed E-state index contributed by atoms with van der Waals surface area (Å²) in [6.45, 7) is 0. The predicted molar refractivity (Wildman–Crippen MR) is 75.1 cm³/mol. The van der Waals surface area contributed by atoms with E-state index in [0.717, 1.165) is 20.5 Å². The van der Waals surface area contributed by atoms with Crippen molar-refractivity contribution in [2.24, 2.45) is 0 Å². The van der Waals surface area contributed by atoms with Crippen LogP contribution in [0.25, 0.3) is 0 Å². The number of carbonyl (C=O) groups excluding carboxylic acids is 1. The Morgan fingerprint density at radius 3 is 2.59 bits per heavy atom. The molecule has 2 aromatic carbocycles. The highest BCUT2D eigenvalue weighted by atomic mass is 79.9. The molecule has 0 N–H and O–H groups in total. The van der Waals surface area contributed by atoms with Gasteiger partial charge in [0, 0.05) is 19.8 Å². The molecule has 0 aromatic heterocycles. The van der Waals surface area contributed by atoms with Crippen LogP contribution in [0.15, 0.2) is 56.7 Å². The highest BCUT2D eigenvalue weighted by Crippen LogP contribution is 2.34. The number of rotatable bonds is 3. The zero-order valence-corrected chi connectivity index (χ0v) is 11.8. The first-order valence-electron chi connectivity index (χ1n) is 4.88. The smallest absolute Gasteiger partial charge is 0.151 e. The quantitative estimate of drug-likeness (QED) is 0.732. The fourth-order valence-electron chi connectivity index (χ4n) is 1.32. The van der Waals surface area contributed by atoms with Crippen molar-refractivity contribution in [1.82, 2.24) is 0 Å². The SMILES string of the molecule is O=Cc1ccc(Sc2ccccc2Br)cc1Cl. The van der Waals surface area contributed by atoms with Gasteiger partial charge in [0.2, 0.25) is 0 Å². The Morgan fingerprint density at radius 1 is 1.18 bits per heavy atom. The highest BCUT2D eigenvalue weighted by Gasteiger charge is 2.04. The molecule has 0 atom stereocenters. The van der Waals surface area contributed by atoms with Crippen molar-refractivity contribution in [3.8, 4) is 0 Å². The van der Waals surface area contributed by atoms with Gasteiger partial charge >= 0.3 is 0 Å². The molecule has 2 aromatic rings. The molecule has 0 fully saturated rings. The van der Waals surface area contributed by atoms with Crippen LogP contribution in [0.1, 0.15) is 10.4 Å². The average Bonchev–Trinajstić information content (AvgIpc) is 2.32. The minimum Gasteiger partial charge on any atom is -0.298 e. The fourth-order valence-corrected chi connectivity index (χ4v) is 3.02. The van der Waals surface area contributed by atoms with E-state index in [2.05, 4.69) is 15.9 Å². The number of halogens is 2. The largest absolute Gasteiger partial charge is 0.298 e. The van der Waals surface area contributed by atoms with Crippen LogP contribution in [0.3, 0.4) is 0 Å². The van der Waals surface area contributed by atoms with Gasteiger partial charge in [-0.25, -0.2) is 0 Å². The molecule has 0 bridgehead atoms. The first-order valence-corrected chi connectivity index (χ1v) is 6.86. The van der Waals surface area contributed by atoms with E-state index in [9.17, 15) is 4.79 Å². The third-order valence-corrected chi connectivity index (χ3v) is 4.51. The van der Waals surface area contributed by atoms with E-state index in [0.29, 0.717) is 10.6 Å². The summed E-state index contributed by atoms with van der Waals surface area (Å²) in [7, 11) is 0. The van der Waals surface area contributed by atoms with Gasteiger partial charge in [-0.1, -0.05) is 35.5 Å². The van der Waals surface area contributed by atoms with Crippen molar-refractivity contribution in [3.05, 3.63) is 57.5 Å². The lowest BCUT2D eigenvalue weighted by molar-refractivity contribution is 0.112. The second kappa shape index (κ2) is 5.71. The Morgan fingerprint density at radius 2 is 1.94 bits per heavy atom. The van der Waals surface area contributed by atoms with Crippen LogP contribution in [-0.2, 0) is 0 Å². The Balaban J connectivity index is 2.28. The summed E-state index contributed by atoms with van der Waals surface area (Å²) in [5.41, 5.74) is 0.517. The first kappa shape index (κ1) is 12.7. The maximum absolute atomic E-state index is 10.7. The molecule has 0 amide bonds. The molecule has 0 spiro atoms. The highest BCUT2D eigenvalue weighted by molar-refractivity contribution is 9.10. The minimum absolute atomic E-state index is 0.483.